The number of aryl methyl sites for hydroxylation is 1. The zero-order valence-electron chi connectivity index (χ0n) is 10.3. The number of aromatic nitrogens is 2. The van der Waals surface area contributed by atoms with E-state index in [-0.39, 0.29) is 11.1 Å². The van der Waals surface area contributed by atoms with E-state index in [2.05, 4.69) is 10.3 Å². The van der Waals surface area contributed by atoms with Gasteiger partial charge in [-0.05, 0) is 12.8 Å². The number of hydrogen-bond donors (Lipinski definition) is 2. The highest BCUT2D eigenvalue weighted by Gasteiger charge is 2.31. The first-order chi connectivity index (χ1) is 8.17. The Balaban J connectivity index is 2.23. The van der Waals surface area contributed by atoms with E-state index in [4.69, 9.17) is 5.73 Å². The lowest BCUT2D eigenvalue weighted by molar-refractivity contribution is 0.329. The fraction of sp³-hybridized carbons (Fsp3) is 0.667. The van der Waals surface area contributed by atoms with Gasteiger partial charge in [0.25, 0.3) is 5.56 Å². The molecular formula is C12H20N4O. The van der Waals surface area contributed by atoms with E-state index in [0.29, 0.717) is 12.4 Å². The zero-order chi connectivity index (χ0) is 12.3. The maximum Gasteiger partial charge on any atom is 0.293 e. The molecule has 0 saturated heterocycles. The van der Waals surface area contributed by atoms with Crippen molar-refractivity contribution in [3.05, 3.63) is 22.7 Å². The summed E-state index contributed by atoms with van der Waals surface area (Å²) in [6.07, 6.45) is 8.91. The summed E-state index contributed by atoms with van der Waals surface area (Å²) >= 11 is 0. The quantitative estimate of drug-likeness (QED) is 0.816. The molecule has 5 nitrogen and oxygen atoms in total. The molecule has 1 aromatic rings. The number of nitrogens with one attached hydrogen (secondary N) is 1. The molecule has 5 heteroatoms. The largest absolute Gasteiger partial charge is 0.359 e. The first-order valence-electron chi connectivity index (χ1n) is 6.17. The third kappa shape index (κ3) is 2.49. The maximum absolute atomic E-state index is 11.9. The molecule has 0 aromatic carbocycles. The standard InChI is InChI=1S/C12H20N4O/c1-16-8-7-14-10(11(16)17)15-12(9-13)5-3-2-4-6-12/h7-8H,2-6,9,13H2,1H3,(H,14,15). The van der Waals surface area contributed by atoms with Gasteiger partial charge in [0.2, 0.25) is 0 Å². The summed E-state index contributed by atoms with van der Waals surface area (Å²) in [4.78, 5) is 16.0. The monoisotopic (exact) mass is 236 g/mol. The molecule has 1 saturated carbocycles. The minimum atomic E-state index is -0.140. The number of hydrogen-bond acceptors (Lipinski definition) is 4. The van der Waals surface area contributed by atoms with Crippen LogP contribution in [-0.4, -0.2) is 21.6 Å². The van der Waals surface area contributed by atoms with Gasteiger partial charge < -0.3 is 15.6 Å². The lowest BCUT2D eigenvalue weighted by Crippen LogP contribution is -2.48. The lowest BCUT2D eigenvalue weighted by Gasteiger charge is -2.37. The Bertz CT molecular complexity index is 434. The fourth-order valence-corrected chi connectivity index (χ4v) is 2.44. The van der Waals surface area contributed by atoms with E-state index in [0.717, 1.165) is 25.7 Å². The molecule has 1 aliphatic rings. The number of nitrogens with two attached hydrogens (primary N) is 1. The van der Waals surface area contributed by atoms with Gasteiger partial charge in [-0.25, -0.2) is 4.98 Å². The Kier molecular flexibility index (Phi) is 3.47. The van der Waals surface area contributed by atoms with Crippen LogP contribution >= 0.6 is 0 Å². The van der Waals surface area contributed by atoms with Gasteiger partial charge in [0, 0.05) is 26.0 Å². The van der Waals surface area contributed by atoms with Crippen molar-refractivity contribution in [2.45, 2.75) is 37.6 Å². The molecule has 1 aliphatic carbocycles. The average molecular weight is 236 g/mol. The second kappa shape index (κ2) is 4.87. The minimum Gasteiger partial charge on any atom is -0.359 e. The Morgan fingerprint density at radius 2 is 2.18 bits per heavy atom. The smallest absolute Gasteiger partial charge is 0.293 e. The molecule has 17 heavy (non-hydrogen) atoms. The Morgan fingerprint density at radius 1 is 1.47 bits per heavy atom. The number of nitrogens with zero attached hydrogens (tertiary/aromatic N) is 2. The molecule has 0 unspecified atom stereocenters. The highest BCUT2D eigenvalue weighted by molar-refractivity contribution is 5.35. The average Bonchev–Trinajstić information content (AvgIpc) is 2.36. The highest BCUT2D eigenvalue weighted by Crippen LogP contribution is 2.29. The first kappa shape index (κ1) is 12.1. The van der Waals surface area contributed by atoms with Gasteiger partial charge in [-0.1, -0.05) is 19.3 Å². The van der Waals surface area contributed by atoms with Crippen LogP contribution < -0.4 is 16.6 Å². The van der Waals surface area contributed by atoms with E-state index in [9.17, 15) is 4.79 Å². The molecule has 2 rings (SSSR count). The molecule has 0 aliphatic heterocycles. The normalized spacial score (nSPS) is 18.9. The molecular weight excluding hydrogens is 216 g/mol. The minimum absolute atomic E-state index is 0.0918. The van der Waals surface area contributed by atoms with Crippen LogP contribution in [0.1, 0.15) is 32.1 Å². The van der Waals surface area contributed by atoms with E-state index < -0.39 is 0 Å². The van der Waals surface area contributed by atoms with E-state index in [1.165, 1.54) is 11.0 Å². The summed E-state index contributed by atoms with van der Waals surface area (Å²) in [6, 6.07) is 0. The van der Waals surface area contributed by atoms with Crippen molar-refractivity contribution < 1.29 is 0 Å². The molecule has 3 N–H and O–H groups in total. The van der Waals surface area contributed by atoms with Gasteiger partial charge in [0.15, 0.2) is 5.82 Å². The van der Waals surface area contributed by atoms with Gasteiger partial charge in [-0.15, -0.1) is 0 Å². The van der Waals surface area contributed by atoms with Gasteiger partial charge in [0.1, 0.15) is 0 Å². The summed E-state index contributed by atoms with van der Waals surface area (Å²) in [5.74, 6) is 0.419. The van der Waals surface area contributed by atoms with Crippen LogP contribution in [0.5, 0.6) is 0 Å². The predicted octanol–water partition coefficient (Wildman–Crippen LogP) is 0.854. The van der Waals surface area contributed by atoms with Crippen molar-refractivity contribution in [2.75, 3.05) is 11.9 Å². The van der Waals surface area contributed by atoms with Crippen molar-refractivity contribution >= 4 is 5.82 Å². The topological polar surface area (TPSA) is 72.9 Å². The molecule has 0 spiro atoms. The molecule has 1 fully saturated rings. The van der Waals surface area contributed by atoms with E-state index in [1.54, 1.807) is 19.4 Å². The summed E-state index contributed by atoms with van der Waals surface area (Å²) in [6.45, 7) is 0.548. The maximum atomic E-state index is 11.9. The summed E-state index contributed by atoms with van der Waals surface area (Å²) < 4.78 is 1.53. The zero-order valence-corrected chi connectivity index (χ0v) is 10.3. The highest BCUT2D eigenvalue weighted by atomic mass is 16.1. The lowest BCUT2D eigenvalue weighted by atomic mass is 9.82. The van der Waals surface area contributed by atoms with E-state index >= 15 is 0 Å². The van der Waals surface area contributed by atoms with Crippen molar-refractivity contribution in [1.29, 1.82) is 0 Å². The van der Waals surface area contributed by atoms with Gasteiger partial charge in [-0.3, -0.25) is 4.79 Å². The van der Waals surface area contributed by atoms with Crippen LogP contribution in [0.3, 0.4) is 0 Å². The Morgan fingerprint density at radius 3 is 2.82 bits per heavy atom. The van der Waals surface area contributed by atoms with Gasteiger partial charge in [-0.2, -0.15) is 0 Å². The van der Waals surface area contributed by atoms with Gasteiger partial charge in [0.05, 0.1) is 5.54 Å². The van der Waals surface area contributed by atoms with Crippen LogP contribution in [0, 0.1) is 0 Å². The van der Waals surface area contributed by atoms with Crippen LogP contribution in [0.2, 0.25) is 0 Å². The van der Waals surface area contributed by atoms with Crippen LogP contribution in [0.4, 0.5) is 5.82 Å². The first-order valence-corrected chi connectivity index (χ1v) is 6.17. The van der Waals surface area contributed by atoms with Crippen molar-refractivity contribution in [3.63, 3.8) is 0 Å². The Labute approximate surface area is 101 Å². The SMILES string of the molecule is Cn1ccnc(NC2(CN)CCCCC2)c1=O. The van der Waals surface area contributed by atoms with Gasteiger partial charge >= 0.3 is 0 Å². The van der Waals surface area contributed by atoms with Crippen LogP contribution in [0.25, 0.3) is 0 Å². The second-order valence-corrected chi connectivity index (χ2v) is 4.86. The number of rotatable bonds is 3. The van der Waals surface area contributed by atoms with Crippen LogP contribution in [-0.2, 0) is 7.05 Å². The molecule has 94 valence electrons. The fourth-order valence-electron chi connectivity index (χ4n) is 2.44. The number of anilines is 1. The van der Waals surface area contributed by atoms with Crippen molar-refractivity contribution in [1.82, 2.24) is 9.55 Å². The molecule has 0 radical (unpaired) electrons. The molecule has 0 atom stereocenters. The third-order valence-corrected chi connectivity index (χ3v) is 3.60. The molecule has 1 heterocycles. The summed E-state index contributed by atoms with van der Waals surface area (Å²) in [5, 5.41) is 3.28. The Hall–Kier alpha value is -1.36. The summed E-state index contributed by atoms with van der Waals surface area (Å²) in [5.41, 5.74) is 5.64. The molecule has 1 aromatic heterocycles. The second-order valence-electron chi connectivity index (χ2n) is 4.86. The third-order valence-electron chi connectivity index (χ3n) is 3.60. The van der Waals surface area contributed by atoms with Crippen molar-refractivity contribution in [2.24, 2.45) is 12.8 Å². The molecule has 0 bridgehead atoms. The van der Waals surface area contributed by atoms with Crippen molar-refractivity contribution in [3.8, 4) is 0 Å². The summed E-state index contributed by atoms with van der Waals surface area (Å²) in [7, 11) is 1.73. The van der Waals surface area contributed by atoms with Crippen LogP contribution in [0.15, 0.2) is 17.2 Å². The predicted molar refractivity (Wildman–Crippen MR) is 68.0 cm³/mol. The van der Waals surface area contributed by atoms with E-state index in [1.807, 2.05) is 0 Å². The molecule has 0 amide bonds.